The lowest BCUT2D eigenvalue weighted by Gasteiger charge is -2.04. The number of ether oxygens (including phenoxy) is 1. The number of hydrogen-bond donors (Lipinski definition) is 0. The molecule has 7 nitrogen and oxygen atoms in total. The molecule has 0 aliphatic carbocycles. The van der Waals surface area contributed by atoms with Gasteiger partial charge in [0.25, 0.3) is 0 Å². The molecule has 116 valence electrons. The normalized spacial score (nSPS) is 10.5. The summed E-state index contributed by atoms with van der Waals surface area (Å²) in [5.41, 5.74) is 0.155. The quantitative estimate of drug-likeness (QED) is 0.526. The zero-order valence-electron chi connectivity index (χ0n) is 11.5. The van der Waals surface area contributed by atoms with E-state index in [0.29, 0.717) is 16.5 Å². The smallest absolute Gasteiger partial charge is 0.313 e. The molecule has 2 heterocycles. The fraction of sp³-hybridized carbons (Fsp3) is 0.0714. The first-order valence-corrected chi connectivity index (χ1v) is 7.30. The lowest BCUT2D eigenvalue weighted by Crippen LogP contribution is -2.00. The zero-order valence-corrected chi connectivity index (χ0v) is 12.4. The average Bonchev–Trinajstić information content (AvgIpc) is 3.03. The lowest BCUT2D eigenvalue weighted by molar-refractivity contribution is -0.386. The number of nitro groups is 1. The average molecular weight is 332 g/mol. The van der Waals surface area contributed by atoms with Crippen LogP contribution < -0.4 is 4.74 Å². The predicted octanol–water partition coefficient (Wildman–Crippen LogP) is 3.23. The summed E-state index contributed by atoms with van der Waals surface area (Å²) >= 11 is 1.34. The molecule has 0 N–H and O–H groups in total. The number of hydrogen-bond acceptors (Lipinski definition) is 7. The second-order valence-corrected chi connectivity index (χ2v) is 5.23. The Morgan fingerprint density at radius 3 is 2.83 bits per heavy atom. The minimum absolute atomic E-state index is 0.0121. The SMILES string of the molecule is O=[N+]([O-])c1cc(F)ccc1OCc1csc(-c2ncccn2)n1. The van der Waals surface area contributed by atoms with E-state index >= 15 is 0 Å². The molecule has 0 fully saturated rings. The lowest BCUT2D eigenvalue weighted by atomic mass is 10.3. The van der Waals surface area contributed by atoms with Crippen molar-refractivity contribution in [3.8, 4) is 16.6 Å². The van der Waals surface area contributed by atoms with Gasteiger partial charge in [-0.15, -0.1) is 11.3 Å². The Bertz CT molecular complexity index is 841. The minimum atomic E-state index is -0.693. The summed E-state index contributed by atoms with van der Waals surface area (Å²) in [6, 6.07) is 4.85. The van der Waals surface area contributed by atoms with E-state index in [9.17, 15) is 14.5 Å². The van der Waals surface area contributed by atoms with Gasteiger partial charge in [-0.1, -0.05) is 0 Å². The first-order valence-electron chi connectivity index (χ1n) is 6.42. The van der Waals surface area contributed by atoms with E-state index in [-0.39, 0.29) is 12.4 Å². The number of nitrogens with zero attached hydrogens (tertiary/aromatic N) is 4. The Morgan fingerprint density at radius 1 is 1.30 bits per heavy atom. The number of thiazole rings is 1. The van der Waals surface area contributed by atoms with Gasteiger partial charge in [0, 0.05) is 17.8 Å². The van der Waals surface area contributed by atoms with Crippen molar-refractivity contribution in [2.75, 3.05) is 0 Å². The molecule has 0 radical (unpaired) electrons. The standard InChI is InChI=1S/C14H9FN4O3S/c15-9-2-3-12(11(6-9)19(20)21)22-7-10-8-23-14(18-10)13-16-4-1-5-17-13/h1-6,8H,7H2. The van der Waals surface area contributed by atoms with Crippen LogP contribution in [0.4, 0.5) is 10.1 Å². The van der Waals surface area contributed by atoms with Crippen LogP contribution in [0.2, 0.25) is 0 Å². The maximum absolute atomic E-state index is 13.1. The zero-order chi connectivity index (χ0) is 16.2. The molecule has 0 saturated heterocycles. The van der Waals surface area contributed by atoms with Gasteiger partial charge in [-0.05, 0) is 18.2 Å². The van der Waals surface area contributed by atoms with Crippen LogP contribution in [0.5, 0.6) is 5.75 Å². The van der Waals surface area contributed by atoms with E-state index in [1.165, 1.54) is 17.4 Å². The molecule has 0 amide bonds. The van der Waals surface area contributed by atoms with Crippen LogP contribution in [0.15, 0.2) is 42.0 Å². The van der Waals surface area contributed by atoms with Crippen molar-refractivity contribution in [1.82, 2.24) is 15.0 Å². The van der Waals surface area contributed by atoms with Crippen molar-refractivity contribution < 1.29 is 14.1 Å². The van der Waals surface area contributed by atoms with Gasteiger partial charge in [-0.2, -0.15) is 0 Å². The Labute approximate surface area is 133 Å². The largest absolute Gasteiger partial charge is 0.480 e. The molecule has 1 aromatic carbocycles. The van der Waals surface area contributed by atoms with Crippen LogP contribution in [-0.4, -0.2) is 19.9 Å². The highest BCUT2D eigenvalue weighted by atomic mass is 32.1. The van der Waals surface area contributed by atoms with Gasteiger partial charge in [0.15, 0.2) is 16.6 Å². The molecule has 0 bridgehead atoms. The van der Waals surface area contributed by atoms with E-state index in [2.05, 4.69) is 15.0 Å². The van der Waals surface area contributed by atoms with E-state index in [1.54, 1.807) is 23.8 Å². The number of aromatic nitrogens is 3. The van der Waals surface area contributed by atoms with Crippen molar-refractivity contribution in [2.24, 2.45) is 0 Å². The molecule has 0 saturated carbocycles. The Morgan fingerprint density at radius 2 is 2.09 bits per heavy atom. The maximum Gasteiger partial charge on any atom is 0.313 e. The van der Waals surface area contributed by atoms with Crippen LogP contribution >= 0.6 is 11.3 Å². The van der Waals surface area contributed by atoms with Gasteiger partial charge in [0.05, 0.1) is 16.7 Å². The van der Waals surface area contributed by atoms with Gasteiger partial charge in [-0.25, -0.2) is 19.3 Å². The highest BCUT2D eigenvalue weighted by Crippen LogP contribution is 2.28. The molecule has 3 aromatic rings. The summed E-state index contributed by atoms with van der Waals surface area (Å²) < 4.78 is 18.5. The molecule has 9 heteroatoms. The van der Waals surface area contributed by atoms with Crippen molar-refractivity contribution >= 4 is 17.0 Å². The third-order valence-electron chi connectivity index (χ3n) is 2.80. The number of benzene rings is 1. The van der Waals surface area contributed by atoms with Crippen LogP contribution in [0, 0.1) is 15.9 Å². The van der Waals surface area contributed by atoms with Crippen LogP contribution in [0.25, 0.3) is 10.8 Å². The summed E-state index contributed by atoms with van der Waals surface area (Å²) in [4.78, 5) is 22.7. The van der Waals surface area contributed by atoms with Gasteiger partial charge in [-0.3, -0.25) is 10.1 Å². The Kier molecular flexibility index (Phi) is 4.20. The van der Waals surface area contributed by atoms with E-state index in [1.807, 2.05) is 0 Å². The Hall–Kier alpha value is -2.94. The van der Waals surface area contributed by atoms with E-state index in [4.69, 9.17) is 4.74 Å². The summed E-state index contributed by atoms with van der Waals surface area (Å²) in [5, 5.41) is 13.3. The van der Waals surface area contributed by atoms with Crippen molar-refractivity contribution in [3.63, 3.8) is 0 Å². The third-order valence-corrected chi connectivity index (χ3v) is 3.69. The van der Waals surface area contributed by atoms with Crippen molar-refractivity contribution in [1.29, 1.82) is 0 Å². The summed E-state index contributed by atoms with van der Waals surface area (Å²) in [5.74, 6) is -0.209. The molecule has 0 aliphatic rings. The second-order valence-electron chi connectivity index (χ2n) is 4.37. The van der Waals surface area contributed by atoms with Crippen LogP contribution in [-0.2, 0) is 6.61 Å². The first-order chi connectivity index (χ1) is 11.1. The van der Waals surface area contributed by atoms with Gasteiger partial charge in [0.2, 0.25) is 0 Å². The fourth-order valence-corrected chi connectivity index (χ4v) is 2.54. The van der Waals surface area contributed by atoms with Gasteiger partial charge < -0.3 is 4.74 Å². The molecular formula is C14H9FN4O3S. The number of rotatable bonds is 5. The van der Waals surface area contributed by atoms with E-state index in [0.717, 1.165) is 12.1 Å². The number of halogens is 1. The third kappa shape index (κ3) is 3.46. The van der Waals surface area contributed by atoms with Gasteiger partial charge in [0.1, 0.15) is 12.4 Å². The van der Waals surface area contributed by atoms with Crippen LogP contribution in [0.3, 0.4) is 0 Å². The van der Waals surface area contributed by atoms with Gasteiger partial charge >= 0.3 is 5.69 Å². The molecular weight excluding hydrogens is 323 g/mol. The van der Waals surface area contributed by atoms with Crippen LogP contribution in [0.1, 0.15) is 5.69 Å². The number of nitro benzene ring substituents is 1. The summed E-state index contributed by atoms with van der Waals surface area (Å²) in [6.45, 7) is 0.0236. The maximum atomic E-state index is 13.1. The molecule has 0 spiro atoms. The Balaban J connectivity index is 1.75. The van der Waals surface area contributed by atoms with Crippen molar-refractivity contribution in [3.05, 3.63) is 63.7 Å². The molecule has 3 rings (SSSR count). The molecule has 23 heavy (non-hydrogen) atoms. The minimum Gasteiger partial charge on any atom is -0.480 e. The fourth-order valence-electron chi connectivity index (χ4n) is 1.79. The molecule has 0 atom stereocenters. The highest BCUT2D eigenvalue weighted by Gasteiger charge is 2.17. The summed E-state index contributed by atoms with van der Waals surface area (Å²) in [7, 11) is 0. The predicted molar refractivity (Wildman–Crippen MR) is 80.5 cm³/mol. The highest BCUT2D eigenvalue weighted by molar-refractivity contribution is 7.13. The topological polar surface area (TPSA) is 91.0 Å². The molecule has 2 aromatic heterocycles. The molecule has 0 unspecified atom stereocenters. The summed E-state index contributed by atoms with van der Waals surface area (Å²) in [6.07, 6.45) is 3.23. The first kappa shape index (κ1) is 15.0. The van der Waals surface area contributed by atoms with E-state index < -0.39 is 16.4 Å². The molecule has 0 aliphatic heterocycles. The monoisotopic (exact) mass is 332 g/mol. The second kappa shape index (κ2) is 6.44. The van der Waals surface area contributed by atoms with Crippen molar-refractivity contribution in [2.45, 2.75) is 6.61 Å².